The first-order valence-corrected chi connectivity index (χ1v) is 5.64. The van der Waals surface area contributed by atoms with Crippen LogP contribution in [0.2, 0.25) is 0 Å². The summed E-state index contributed by atoms with van der Waals surface area (Å²) in [5.74, 6) is 1.65. The second-order valence-corrected chi connectivity index (χ2v) is 4.62. The Hall–Kier alpha value is -0.830. The van der Waals surface area contributed by atoms with Crippen LogP contribution in [0.5, 0.6) is 0 Å². The van der Waals surface area contributed by atoms with Crippen molar-refractivity contribution in [2.24, 2.45) is 5.92 Å². The summed E-state index contributed by atoms with van der Waals surface area (Å²) in [4.78, 5) is 4.28. The van der Waals surface area contributed by atoms with Gasteiger partial charge in [0.05, 0.1) is 6.33 Å². The molecule has 1 N–H and O–H groups in total. The predicted octanol–water partition coefficient (Wildman–Crippen LogP) is 1.37. The van der Waals surface area contributed by atoms with Crippen LogP contribution < -0.4 is 5.32 Å². The Balaban J connectivity index is 1.72. The van der Waals surface area contributed by atoms with E-state index in [-0.39, 0.29) is 0 Å². The van der Waals surface area contributed by atoms with Crippen molar-refractivity contribution in [1.29, 1.82) is 0 Å². The van der Waals surface area contributed by atoms with Gasteiger partial charge in [0, 0.05) is 43.4 Å². The summed E-state index contributed by atoms with van der Waals surface area (Å²) < 4.78 is 2.37. The summed E-state index contributed by atoms with van der Waals surface area (Å²) in [7, 11) is 0. The fourth-order valence-corrected chi connectivity index (χ4v) is 2.28. The zero-order chi connectivity index (χ0) is 9.38. The highest BCUT2D eigenvalue weighted by Gasteiger charge is 2.24. The molecular weight excluding hydrogens is 174 g/mol. The summed E-state index contributed by atoms with van der Waals surface area (Å²) >= 11 is 0. The maximum absolute atomic E-state index is 4.28. The number of hydrogen-bond acceptors (Lipinski definition) is 2. The number of nitrogens with one attached hydrogen (secondary N) is 1. The molecule has 2 fully saturated rings. The molecule has 1 aromatic rings. The number of nitrogens with zero attached hydrogens (tertiary/aromatic N) is 2. The molecule has 14 heavy (non-hydrogen) atoms. The molecule has 1 saturated heterocycles. The third-order valence-corrected chi connectivity index (χ3v) is 3.59. The SMILES string of the molecule is c1ncn(CC2CNC2)c1C1CCC1. The van der Waals surface area contributed by atoms with Gasteiger partial charge < -0.3 is 9.88 Å². The summed E-state index contributed by atoms with van der Waals surface area (Å²) in [5.41, 5.74) is 1.48. The summed E-state index contributed by atoms with van der Waals surface area (Å²) in [6.45, 7) is 3.53. The largest absolute Gasteiger partial charge is 0.334 e. The van der Waals surface area contributed by atoms with Gasteiger partial charge in [-0.15, -0.1) is 0 Å². The highest BCUT2D eigenvalue weighted by atomic mass is 15.1. The normalized spacial score (nSPS) is 23.1. The highest BCUT2D eigenvalue weighted by Crippen LogP contribution is 2.36. The lowest BCUT2D eigenvalue weighted by Crippen LogP contribution is -2.44. The molecular formula is C11H17N3. The zero-order valence-corrected chi connectivity index (χ0v) is 8.45. The van der Waals surface area contributed by atoms with Crippen molar-refractivity contribution in [2.45, 2.75) is 31.7 Å². The minimum Gasteiger partial charge on any atom is -0.334 e. The monoisotopic (exact) mass is 191 g/mol. The Bertz CT molecular complexity index is 310. The first kappa shape index (κ1) is 8.48. The Morgan fingerprint density at radius 3 is 2.86 bits per heavy atom. The van der Waals surface area contributed by atoms with Gasteiger partial charge in [-0.3, -0.25) is 0 Å². The van der Waals surface area contributed by atoms with Gasteiger partial charge in [0.2, 0.25) is 0 Å². The smallest absolute Gasteiger partial charge is 0.0948 e. The Kier molecular flexibility index (Phi) is 2.05. The van der Waals surface area contributed by atoms with E-state index in [9.17, 15) is 0 Å². The lowest BCUT2D eigenvalue weighted by Gasteiger charge is -2.31. The van der Waals surface area contributed by atoms with Gasteiger partial charge in [-0.1, -0.05) is 6.42 Å². The minimum absolute atomic E-state index is 0.811. The second-order valence-electron chi connectivity index (χ2n) is 4.62. The fraction of sp³-hybridized carbons (Fsp3) is 0.727. The molecule has 1 saturated carbocycles. The molecule has 0 aromatic carbocycles. The van der Waals surface area contributed by atoms with E-state index in [0.29, 0.717) is 0 Å². The van der Waals surface area contributed by atoms with E-state index in [1.54, 1.807) is 0 Å². The molecule has 0 spiro atoms. The second kappa shape index (κ2) is 3.39. The molecule has 0 radical (unpaired) electrons. The molecule has 1 aromatic heterocycles. The first-order chi connectivity index (χ1) is 6.93. The van der Waals surface area contributed by atoms with Crippen LogP contribution in [-0.4, -0.2) is 22.6 Å². The van der Waals surface area contributed by atoms with Crippen LogP contribution in [0.3, 0.4) is 0 Å². The van der Waals surface area contributed by atoms with Gasteiger partial charge in [-0.2, -0.15) is 0 Å². The van der Waals surface area contributed by atoms with Gasteiger partial charge in [0.1, 0.15) is 0 Å². The highest BCUT2D eigenvalue weighted by molar-refractivity contribution is 5.09. The van der Waals surface area contributed by atoms with Gasteiger partial charge in [-0.05, 0) is 12.8 Å². The topological polar surface area (TPSA) is 29.9 Å². The molecule has 0 unspecified atom stereocenters. The number of aromatic nitrogens is 2. The lowest BCUT2D eigenvalue weighted by molar-refractivity contribution is 0.295. The summed E-state index contributed by atoms with van der Waals surface area (Å²) in [6, 6.07) is 0. The van der Waals surface area contributed by atoms with Crippen molar-refractivity contribution in [3.05, 3.63) is 18.2 Å². The molecule has 3 nitrogen and oxygen atoms in total. The molecule has 0 bridgehead atoms. The van der Waals surface area contributed by atoms with E-state index in [2.05, 4.69) is 21.1 Å². The molecule has 1 aliphatic heterocycles. The van der Waals surface area contributed by atoms with Gasteiger partial charge >= 0.3 is 0 Å². The van der Waals surface area contributed by atoms with Gasteiger partial charge in [0.25, 0.3) is 0 Å². The standard InChI is InChI=1S/C11H17N3/c1-2-10(3-1)11-6-13-8-14(11)7-9-4-12-5-9/h6,8-10,12H,1-5,7H2. The average molecular weight is 191 g/mol. The molecule has 1 aliphatic carbocycles. The minimum atomic E-state index is 0.811. The van der Waals surface area contributed by atoms with E-state index >= 15 is 0 Å². The van der Waals surface area contributed by atoms with E-state index < -0.39 is 0 Å². The number of rotatable bonds is 3. The number of imidazole rings is 1. The maximum atomic E-state index is 4.28. The van der Waals surface area contributed by atoms with E-state index in [1.165, 1.54) is 44.6 Å². The Morgan fingerprint density at radius 2 is 2.29 bits per heavy atom. The molecule has 0 atom stereocenters. The lowest BCUT2D eigenvalue weighted by atomic mass is 9.83. The Morgan fingerprint density at radius 1 is 1.43 bits per heavy atom. The van der Waals surface area contributed by atoms with Crippen molar-refractivity contribution in [3.8, 4) is 0 Å². The maximum Gasteiger partial charge on any atom is 0.0948 e. The summed E-state index contributed by atoms with van der Waals surface area (Å²) in [5, 5.41) is 3.32. The Labute approximate surface area is 84.5 Å². The zero-order valence-electron chi connectivity index (χ0n) is 8.45. The molecule has 76 valence electrons. The first-order valence-electron chi connectivity index (χ1n) is 5.64. The fourth-order valence-electron chi connectivity index (χ4n) is 2.28. The van der Waals surface area contributed by atoms with Gasteiger partial charge in [-0.25, -0.2) is 4.98 Å². The number of hydrogen-bond donors (Lipinski definition) is 1. The van der Waals surface area contributed by atoms with Crippen molar-refractivity contribution in [2.75, 3.05) is 13.1 Å². The van der Waals surface area contributed by atoms with E-state index in [0.717, 1.165) is 11.8 Å². The third kappa shape index (κ3) is 1.36. The molecule has 2 heterocycles. The van der Waals surface area contributed by atoms with Crippen LogP contribution in [0.1, 0.15) is 30.9 Å². The van der Waals surface area contributed by atoms with Crippen LogP contribution in [0.25, 0.3) is 0 Å². The van der Waals surface area contributed by atoms with E-state index in [1.807, 2.05) is 6.33 Å². The molecule has 2 aliphatic rings. The van der Waals surface area contributed by atoms with E-state index in [4.69, 9.17) is 0 Å². The van der Waals surface area contributed by atoms with Gasteiger partial charge in [0.15, 0.2) is 0 Å². The van der Waals surface area contributed by atoms with Crippen LogP contribution in [0, 0.1) is 5.92 Å². The van der Waals surface area contributed by atoms with Crippen molar-refractivity contribution < 1.29 is 0 Å². The summed E-state index contributed by atoms with van der Waals surface area (Å²) in [6.07, 6.45) is 8.21. The molecule has 3 rings (SSSR count). The van der Waals surface area contributed by atoms with Crippen LogP contribution >= 0.6 is 0 Å². The van der Waals surface area contributed by atoms with Crippen molar-refractivity contribution in [1.82, 2.24) is 14.9 Å². The molecule has 0 amide bonds. The quantitative estimate of drug-likeness (QED) is 0.782. The predicted molar refractivity (Wildman–Crippen MR) is 55.2 cm³/mol. The van der Waals surface area contributed by atoms with Crippen LogP contribution in [0.4, 0.5) is 0 Å². The van der Waals surface area contributed by atoms with Crippen LogP contribution in [-0.2, 0) is 6.54 Å². The molecule has 3 heteroatoms. The average Bonchev–Trinajstić information content (AvgIpc) is 2.42. The van der Waals surface area contributed by atoms with Crippen molar-refractivity contribution >= 4 is 0 Å². The van der Waals surface area contributed by atoms with Crippen LogP contribution in [0.15, 0.2) is 12.5 Å². The van der Waals surface area contributed by atoms with Crippen molar-refractivity contribution in [3.63, 3.8) is 0 Å². The third-order valence-electron chi connectivity index (χ3n) is 3.59.